The second-order valence-electron chi connectivity index (χ2n) is 6.19. The number of nitrogens with one attached hydrogen (secondary N) is 2. The number of pyridine rings is 1. The number of aliphatic imine (C=N–C) groups is 1. The molecule has 1 fully saturated rings. The maximum Gasteiger partial charge on any atom is 0.191 e. The minimum Gasteiger partial charge on any atom is -0.357 e. The van der Waals surface area contributed by atoms with Crippen LogP contribution in [0.5, 0.6) is 0 Å². The molecule has 2 N–H and O–H groups in total. The minimum atomic E-state index is 0. The molecule has 1 aliphatic rings. The molecule has 5 heteroatoms. The molecule has 0 atom stereocenters. The molecule has 1 aromatic heterocycles. The molecule has 0 aromatic carbocycles. The topological polar surface area (TPSA) is 49.3 Å². The van der Waals surface area contributed by atoms with Crippen molar-refractivity contribution in [3.05, 3.63) is 30.1 Å². The Kier molecular flexibility index (Phi) is 10.2. The van der Waals surface area contributed by atoms with Crippen molar-refractivity contribution in [3.8, 4) is 0 Å². The summed E-state index contributed by atoms with van der Waals surface area (Å²) in [6.07, 6.45) is 8.65. The molecule has 0 spiro atoms. The first-order valence-electron chi connectivity index (χ1n) is 8.73. The SMILES string of the molecule is CCNC(=NCc1ccccn1)NCC1CCC(CC)CC1.I. The Hall–Kier alpha value is -0.850. The molecular weight excluding hydrogens is 399 g/mol. The summed E-state index contributed by atoms with van der Waals surface area (Å²) in [7, 11) is 0. The minimum absolute atomic E-state index is 0. The number of aromatic nitrogens is 1. The van der Waals surface area contributed by atoms with Gasteiger partial charge in [-0.15, -0.1) is 24.0 Å². The van der Waals surface area contributed by atoms with Gasteiger partial charge in [-0.25, -0.2) is 4.99 Å². The number of hydrogen-bond donors (Lipinski definition) is 2. The Morgan fingerprint density at radius 2 is 1.87 bits per heavy atom. The second-order valence-corrected chi connectivity index (χ2v) is 6.19. The van der Waals surface area contributed by atoms with Crippen LogP contribution < -0.4 is 10.6 Å². The van der Waals surface area contributed by atoms with Gasteiger partial charge in [-0.2, -0.15) is 0 Å². The average Bonchev–Trinajstić information content (AvgIpc) is 2.59. The Labute approximate surface area is 158 Å². The molecular formula is C18H31IN4. The van der Waals surface area contributed by atoms with E-state index in [4.69, 9.17) is 0 Å². The molecule has 1 aromatic rings. The van der Waals surface area contributed by atoms with Crippen molar-refractivity contribution in [1.82, 2.24) is 15.6 Å². The normalized spacial score (nSPS) is 21.4. The van der Waals surface area contributed by atoms with E-state index >= 15 is 0 Å². The van der Waals surface area contributed by atoms with Crippen LogP contribution in [-0.2, 0) is 6.54 Å². The van der Waals surface area contributed by atoms with E-state index in [-0.39, 0.29) is 24.0 Å². The predicted octanol–water partition coefficient (Wildman–Crippen LogP) is 3.97. The van der Waals surface area contributed by atoms with E-state index in [0.29, 0.717) is 6.54 Å². The van der Waals surface area contributed by atoms with Crippen LogP contribution in [-0.4, -0.2) is 24.0 Å². The maximum absolute atomic E-state index is 4.63. The Balaban J connectivity index is 0.00000264. The molecule has 0 bridgehead atoms. The largest absolute Gasteiger partial charge is 0.357 e. The third-order valence-electron chi connectivity index (χ3n) is 4.57. The zero-order valence-electron chi connectivity index (χ0n) is 14.4. The van der Waals surface area contributed by atoms with Crippen molar-refractivity contribution < 1.29 is 0 Å². The van der Waals surface area contributed by atoms with Gasteiger partial charge in [-0.3, -0.25) is 4.98 Å². The zero-order valence-corrected chi connectivity index (χ0v) is 16.8. The standard InChI is InChI=1S/C18H30N4.HI/c1-3-15-8-10-16(11-9-15)13-21-18(19-4-2)22-14-17-7-5-6-12-20-17;/h5-7,12,15-16H,3-4,8-11,13-14H2,1-2H3,(H2,19,21,22);1H. The molecule has 23 heavy (non-hydrogen) atoms. The van der Waals surface area contributed by atoms with Crippen LogP contribution in [0.3, 0.4) is 0 Å². The fourth-order valence-corrected chi connectivity index (χ4v) is 3.08. The highest BCUT2D eigenvalue weighted by Gasteiger charge is 2.19. The van der Waals surface area contributed by atoms with Gasteiger partial charge in [0, 0.05) is 19.3 Å². The van der Waals surface area contributed by atoms with Crippen LogP contribution in [0.4, 0.5) is 0 Å². The Morgan fingerprint density at radius 1 is 1.13 bits per heavy atom. The van der Waals surface area contributed by atoms with Gasteiger partial charge < -0.3 is 10.6 Å². The lowest BCUT2D eigenvalue weighted by atomic mass is 9.81. The van der Waals surface area contributed by atoms with E-state index in [0.717, 1.165) is 36.6 Å². The van der Waals surface area contributed by atoms with Crippen molar-refractivity contribution in [2.24, 2.45) is 16.8 Å². The van der Waals surface area contributed by atoms with Crippen molar-refractivity contribution >= 4 is 29.9 Å². The fourth-order valence-electron chi connectivity index (χ4n) is 3.08. The van der Waals surface area contributed by atoms with Crippen molar-refractivity contribution in [3.63, 3.8) is 0 Å². The summed E-state index contributed by atoms with van der Waals surface area (Å²) in [5.41, 5.74) is 1.00. The Bertz CT molecular complexity index is 442. The second kappa shape index (κ2) is 11.6. The van der Waals surface area contributed by atoms with Crippen molar-refractivity contribution in [2.45, 2.75) is 52.5 Å². The van der Waals surface area contributed by atoms with Gasteiger partial charge in [0.05, 0.1) is 12.2 Å². The lowest BCUT2D eigenvalue weighted by Crippen LogP contribution is -2.40. The maximum atomic E-state index is 4.63. The summed E-state index contributed by atoms with van der Waals surface area (Å²) in [5.74, 6) is 2.66. The van der Waals surface area contributed by atoms with Crippen molar-refractivity contribution in [1.29, 1.82) is 0 Å². The summed E-state index contributed by atoms with van der Waals surface area (Å²) < 4.78 is 0. The van der Waals surface area contributed by atoms with Crippen molar-refractivity contribution in [2.75, 3.05) is 13.1 Å². The number of hydrogen-bond acceptors (Lipinski definition) is 2. The summed E-state index contributed by atoms with van der Waals surface area (Å²) in [4.78, 5) is 8.95. The summed E-state index contributed by atoms with van der Waals surface area (Å²) in [5, 5.41) is 6.83. The van der Waals surface area contributed by atoms with E-state index in [1.807, 2.05) is 24.4 Å². The first-order chi connectivity index (χ1) is 10.8. The quantitative estimate of drug-likeness (QED) is 0.408. The third kappa shape index (κ3) is 7.50. The third-order valence-corrected chi connectivity index (χ3v) is 4.57. The van der Waals surface area contributed by atoms with Crippen LogP contribution in [0.25, 0.3) is 0 Å². The zero-order chi connectivity index (χ0) is 15.6. The lowest BCUT2D eigenvalue weighted by molar-refractivity contribution is 0.269. The van der Waals surface area contributed by atoms with Crippen LogP contribution in [0.2, 0.25) is 0 Å². The van der Waals surface area contributed by atoms with Crippen LogP contribution in [0, 0.1) is 11.8 Å². The summed E-state index contributed by atoms with van der Waals surface area (Å²) >= 11 is 0. The first-order valence-corrected chi connectivity index (χ1v) is 8.73. The lowest BCUT2D eigenvalue weighted by Gasteiger charge is -2.28. The van der Waals surface area contributed by atoms with Gasteiger partial charge in [0.25, 0.3) is 0 Å². The molecule has 1 heterocycles. The van der Waals surface area contributed by atoms with E-state index in [1.54, 1.807) is 0 Å². The molecule has 2 rings (SSSR count). The molecule has 0 amide bonds. The van der Waals surface area contributed by atoms with Gasteiger partial charge in [0.2, 0.25) is 0 Å². The molecule has 0 unspecified atom stereocenters. The molecule has 130 valence electrons. The highest BCUT2D eigenvalue weighted by Crippen LogP contribution is 2.29. The molecule has 0 aliphatic heterocycles. The van der Waals surface area contributed by atoms with Gasteiger partial charge in [-0.1, -0.05) is 32.3 Å². The first kappa shape index (κ1) is 20.2. The summed E-state index contributed by atoms with van der Waals surface area (Å²) in [6, 6.07) is 5.95. The molecule has 0 radical (unpaired) electrons. The molecule has 0 saturated heterocycles. The van der Waals surface area contributed by atoms with Crippen LogP contribution in [0.15, 0.2) is 29.4 Å². The highest BCUT2D eigenvalue weighted by atomic mass is 127. The molecule has 1 saturated carbocycles. The van der Waals surface area contributed by atoms with E-state index in [9.17, 15) is 0 Å². The van der Waals surface area contributed by atoms with Gasteiger partial charge in [-0.05, 0) is 43.7 Å². The number of guanidine groups is 1. The van der Waals surface area contributed by atoms with E-state index in [2.05, 4.69) is 34.5 Å². The summed E-state index contributed by atoms with van der Waals surface area (Å²) in [6.45, 7) is 6.96. The Morgan fingerprint density at radius 3 is 2.48 bits per heavy atom. The van der Waals surface area contributed by atoms with Crippen LogP contribution in [0.1, 0.15) is 51.6 Å². The predicted molar refractivity (Wildman–Crippen MR) is 108 cm³/mol. The smallest absolute Gasteiger partial charge is 0.191 e. The van der Waals surface area contributed by atoms with E-state index < -0.39 is 0 Å². The molecule has 4 nitrogen and oxygen atoms in total. The average molecular weight is 430 g/mol. The number of halogens is 1. The fraction of sp³-hybridized carbons (Fsp3) is 0.667. The molecule has 1 aliphatic carbocycles. The van der Waals surface area contributed by atoms with Gasteiger partial charge in [0.1, 0.15) is 0 Å². The van der Waals surface area contributed by atoms with E-state index in [1.165, 1.54) is 32.1 Å². The monoisotopic (exact) mass is 430 g/mol. The van der Waals surface area contributed by atoms with Gasteiger partial charge >= 0.3 is 0 Å². The highest BCUT2D eigenvalue weighted by molar-refractivity contribution is 14.0. The number of rotatable bonds is 6. The van der Waals surface area contributed by atoms with Gasteiger partial charge in [0.15, 0.2) is 5.96 Å². The van der Waals surface area contributed by atoms with Crippen LogP contribution >= 0.6 is 24.0 Å². The number of nitrogens with zero attached hydrogens (tertiary/aromatic N) is 2.